The molecular formula is C14H13FO2. The van der Waals surface area contributed by atoms with Crippen molar-refractivity contribution in [3.63, 3.8) is 0 Å². The van der Waals surface area contributed by atoms with Gasteiger partial charge in [-0.1, -0.05) is 24.3 Å². The van der Waals surface area contributed by atoms with Gasteiger partial charge in [0.15, 0.2) is 11.6 Å². The Bertz CT molecular complexity index is 506. The number of hydrogen-bond acceptors (Lipinski definition) is 2. The first-order valence-corrected chi connectivity index (χ1v) is 5.32. The van der Waals surface area contributed by atoms with Crippen molar-refractivity contribution in [3.8, 4) is 11.5 Å². The molecule has 88 valence electrons. The molecule has 2 aromatic rings. The van der Waals surface area contributed by atoms with Crippen LogP contribution in [0.2, 0.25) is 0 Å². The molecule has 0 aliphatic heterocycles. The molecule has 0 fully saturated rings. The lowest BCUT2D eigenvalue weighted by atomic mass is 10.2. The molecule has 0 saturated heterocycles. The number of ether oxygens (including phenoxy) is 1. The molecule has 0 radical (unpaired) electrons. The normalized spacial score (nSPS) is 10.2. The number of phenolic OH excluding ortho intramolecular Hbond substituents is 1. The average molecular weight is 232 g/mol. The van der Waals surface area contributed by atoms with E-state index in [0.717, 1.165) is 5.56 Å². The number of rotatable bonds is 3. The number of benzene rings is 2. The molecule has 0 aliphatic carbocycles. The summed E-state index contributed by atoms with van der Waals surface area (Å²) in [6, 6.07) is 11.7. The van der Waals surface area contributed by atoms with Crippen molar-refractivity contribution < 1.29 is 14.2 Å². The minimum absolute atomic E-state index is 0.204. The predicted molar refractivity (Wildman–Crippen MR) is 63.6 cm³/mol. The van der Waals surface area contributed by atoms with Crippen LogP contribution < -0.4 is 4.74 Å². The number of phenols is 1. The standard InChI is InChI=1S/C14H13FO2/c1-10-3-2-4-13(14(10)15)17-9-11-5-7-12(16)8-6-11/h2-8,16H,9H2,1H3. The first kappa shape index (κ1) is 11.5. The molecule has 17 heavy (non-hydrogen) atoms. The Morgan fingerprint density at radius 2 is 1.82 bits per heavy atom. The minimum Gasteiger partial charge on any atom is -0.508 e. The van der Waals surface area contributed by atoms with E-state index in [9.17, 15) is 4.39 Å². The molecule has 0 unspecified atom stereocenters. The average Bonchev–Trinajstić information content (AvgIpc) is 2.33. The Balaban J connectivity index is 2.07. The van der Waals surface area contributed by atoms with Gasteiger partial charge in [-0.15, -0.1) is 0 Å². The summed E-state index contributed by atoms with van der Waals surface area (Å²) in [4.78, 5) is 0. The molecule has 2 aromatic carbocycles. The molecule has 1 N–H and O–H groups in total. The molecule has 3 heteroatoms. The lowest BCUT2D eigenvalue weighted by Crippen LogP contribution is -1.98. The van der Waals surface area contributed by atoms with E-state index in [4.69, 9.17) is 9.84 Å². The highest BCUT2D eigenvalue weighted by atomic mass is 19.1. The molecular weight excluding hydrogens is 219 g/mol. The summed E-state index contributed by atoms with van der Waals surface area (Å²) in [5, 5.41) is 9.12. The zero-order valence-corrected chi connectivity index (χ0v) is 9.48. The summed E-state index contributed by atoms with van der Waals surface area (Å²) in [6.45, 7) is 1.98. The monoisotopic (exact) mass is 232 g/mol. The van der Waals surface area contributed by atoms with Crippen molar-refractivity contribution in [2.24, 2.45) is 0 Å². The van der Waals surface area contributed by atoms with Crippen LogP contribution in [0.15, 0.2) is 42.5 Å². The second-order valence-electron chi connectivity index (χ2n) is 3.84. The Kier molecular flexibility index (Phi) is 3.28. The fourth-order valence-electron chi connectivity index (χ4n) is 1.49. The molecule has 0 aromatic heterocycles. The smallest absolute Gasteiger partial charge is 0.167 e. The third kappa shape index (κ3) is 2.75. The SMILES string of the molecule is Cc1cccc(OCc2ccc(O)cc2)c1F. The van der Waals surface area contributed by atoms with Gasteiger partial charge in [0.05, 0.1) is 0 Å². The maximum atomic E-state index is 13.6. The van der Waals surface area contributed by atoms with Crippen molar-refractivity contribution >= 4 is 0 Å². The zero-order chi connectivity index (χ0) is 12.3. The topological polar surface area (TPSA) is 29.5 Å². The lowest BCUT2D eigenvalue weighted by molar-refractivity contribution is 0.289. The van der Waals surface area contributed by atoms with Crippen LogP contribution in [0, 0.1) is 12.7 Å². The molecule has 0 aliphatic rings. The third-order valence-electron chi connectivity index (χ3n) is 2.49. The van der Waals surface area contributed by atoms with Crippen LogP contribution in [0.1, 0.15) is 11.1 Å². The molecule has 0 heterocycles. The quantitative estimate of drug-likeness (QED) is 0.878. The summed E-state index contributed by atoms with van der Waals surface area (Å²) in [7, 11) is 0. The Labute approximate surface area is 99.3 Å². The van der Waals surface area contributed by atoms with E-state index >= 15 is 0 Å². The minimum atomic E-state index is -0.328. The van der Waals surface area contributed by atoms with Crippen molar-refractivity contribution in [2.45, 2.75) is 13.5 Å². The first-order chi connectivity index (χ1) is 8.16. The van der Waals surface area contributed by atoms with E-state index in [0.29, 0.717) is 5.56 Å². The summed E-state index contributed by atoms with van der Waals surface area (Å²) >= 11 is 0. The van der Waals surface area contributed by atoms with E-state index in [1.54, 1.807) is 49.4 Å². The maximum Gasteiger partial charge on any atom is 0.167 e. The first-order valence-electron chi connectivity index (χ1n) is 5.32. The van der Waals surface area contributed by atoms with Crippen molar-refractivity contribution in [1.29, 1.82) is 0 Å². The van der Waals surface area contributed by atoms with Crippen LogP contribution in [0.5, 0.6) is 11.5 Å². The molecule has 2 rings (SSSR count). The van der Waals surface area contributed by atoms with Crippen LogP contribution in [-0.4, -0.2) is 5.11 Å². The molecule has 2 nitrogen and oxygen atoms in total. The van der Waals surface area contributed by atoms with Gasteiger partial charge in [-0.25, -0.2) is 4.39 Å². The fourth-order valence-corrected chi connectivity index (χ4v) is 1.49. The number of aryl methyl sites for hydroxylation is 1. The van der Waals surface area contributed by atoms with Crippen LogP contribution in [-0.2, 0) is 6.61 Å². The van der Waals surface area contributed by atoms with Gasteiger partial charge in [-0.3, -0.25) is 0 Å². The number of halogens is 1. The Morgan fingerprint density at radius 1 is 1.12 bits per heavy atom. The number of aromatic hydroxyl groups is 1. The summed E-state index contributed by atoms with van der Waals surface area (Å²) in [6.07, 6.45) is 0. The van der Waals surface area contributed by atoms with Crippen LogP contribution in [0.25, 0.3) is 0 Å². The molecule has 0 saturated carbocycles. The van der Waals surface area contributed by atoms with E-state index in [1.165, 1.54) is 0 Å². The lowest BCUT2D eigenvalue weighted by Gasteiger charge is -2.08. The van der Waals surface area contributed by atoms with Crippen molar-refractivity contribution in [3.05, 3.63) is 59.4 Å². The van der Waals surface area contributed by atoms with Gasteiger partial charge in [0.2, 0.25) is 0 Å². The van der Waals surface area contributed by atoms with Crippen molar-refractivity contribution in [2.75, 3.05) is 0 Å². The van der Waals surface area contributed by atoms with Gasteiger partial charge in [-0.2, -0.15) is 0 Å². The third-order valence-corrected chi connectivity index (χ3v) is 2.49. The second kappa shape index (κ2) is 4.87. The Morgan fingerprint density at radius 3 is 2.53 bits per heavy atom. The summed E-state index contributed by atoms with van der Waals surface area (Å²) in [5.74, 6) is 0.125. The van der Waals surface area contributed by atoms with Gasteiger partial charge >= 0.3 is 0 Å². The van der Waals surface area contributed by atoms with Crippen LogP contribution >= 0.6 is 0 Å². The van der Waals surface area contributed by atoms with Crippen LogP contribution in [0.4, 0.5) is 4.39 Å². The molecule has 0 bridgehead atoms. The Hall–Kier alpha value is -2.03. The summed E-state index contributed by atoms with van der Waals surface area (Å²) < 4.78 is 19.0. The fraction of sp³-hybridized carbons (Fsp3) is 0.143. The van der Waals surface area contributed by atoms with Crippen molar-refractivity contribution in [1.82, 2.24) is 0 Å². The van der Waals surface area contributed by atoms with Gasteiger partial charge in [0.1, 0.15) is 12.4 Å². The van der Waals surface area contributed by atoms with Gasteiger partial charge in [0, 0.05) is 0 Å². The van der Waals surface area contributed by atoms with Gasteiger partial charge in [-0.05, 0) is 36.2 Å². The molecule has 0 atom stereocenters. The maximum absolute atomic E-state index is 13.6. The highest BCUT2D eigenvalue weighted by Gasteiger charge is 2.05. The van der Waals surface area contributed by atoms with E-state index in [2.05, 4.69) is 0 Å². The highest BCUT2D eigenvalue weighted by Crippen LogP contribution is 2.21. The second-order valence-corrected chi connectivity index (χ2v) is 3.84. The van der Waals surface area contributed by atoms with E-state index in [-0.39, 0.29) is 23.9 Å². The molecule has 0 spiro atoms. The largest absolute Gasteiger partial charge is 0.508 e. The summed E-state index contributed by atoms with van der Waals surface area (Å²) in [5.41, 5.74) is 1.44. The number of hydrogen-bond donors (Lipinski definition) is 1. The van der Waals surface area contributed by atoms with E-state index < -0.39 is 0 Å². The van der Waals surface area contributed by atoms with E-state index in [1.807, 2.05) is 0 Å². The predicted octanol–water partition coefficient (Wildman–Crippen LogP) is 3.42. The van der Waals surface area contributed by atoms with Crippen LogP contribution in [0.3, 0.4) is 0 Å². The van der Waals surface area contributed by atoms with Gasteiger partial charge in [0.25, 0.3) is 0 Å². The molecule has 0 amide bonds. The zero-order valence-electron chi connectivity index (χ0n) is 9.48. The van der Waals surface area contributed by atoms with Gasteiger partial charge < -0.3 is 9.84 Å². The highest BCUT2D eigenvalue weighted by molar-refractivity contribution is 5.31.